The molecule has 1 aliphatic heterocycles. The Balaban J connectivity index is 2.42. The number of nitrogens with two attached hydrogens (primary N) is 1. The third-order valence-corrected chi connectivity index (χ3v) is 3.95. The van der Waals surface area contributed by atoms with E-state index in [1.165, 1.54) is 37.0 Å². The van der Waals surface area contributed by atoms with Crippen molar-refractivity contribution in [1.82, 2.24) is 0 Å². The summed E-state index contributed by atoms with van der Waals surface area (Å²) in [5.74, 6) is 0. The number of piperidine rings is 1. The fourth-order valence-electron chi connectivity index (χ4n) is 2.16. The van der Waals surface area contributed by atoms with Crippen LogP contribution in [0.25, 0.3) is 0 Å². The van der Waals surface area contributed by atoms with Crippen LogP contribution in [0.2, 0.25) is 0 Å². The van der Waals surface area contributed by atoms with Gasteiger partial charge in [0.1, 0.15) is 0 Å². The minimum atomic E-state index is -0.00573. The lowest BCUT2D eigenvalue weighted by Gasteiger charge is -2.44. The summed E-state index contributed by atoms with van der Waals surface area (Å²) < 4.78 is 1.23. The zero-order valence-corrected chi connectivity index (χ0v) is 11.3. The van der Waals surface area contributed by atoms with E-state index >= 15 is 0 Å². The first-order chi connectivity index (χ1) is 6.62. The first-order valence-electron chi connectivity index (χ1n) is 6.25. The fraction of sp³-hybridized carbons (Fsp3) is 1.00. The van der Waals surface area contributed by atoms with E-state index in [2.05, 4.69) is 34.7 Å². The van der Waals surface area contributed by atoms with Crippen LogP contribution in [0.4, 0.5) is 0 Å². The van der Waals surface area contributed by atoms with Crippen LogP contribution >= 0.6 is 0 Å². The molecule has 0 unspecified atom stereocenters. The van der Waals surface area contributed by atoms with Gasteiger partial charge in [0.25, 0.3) is 0 Å². The number of rotatable bonds is 3. The summed E-state index contributed by atoms with van der Waals surface area (Å²) in [6, 6.07) is 0. The van der Waals surface area contributed by atoms with Crippen molar-refractivity contribution in [3.8, 4) is 0 Å². The molecule has 0 bridgehead atoms. The molecule has 0 aromatic heterocycles. The molecule has 0 spiro atoms. The third-order valence-electron chi connectivity index (χ3n) is 3.95. The van der Waals surface area contributed by atoms with E-state index in [0.717, 1.165) is 6.42 Å². The smallest absolute Gasteiger partial charge is 0.0802 e. The van der Waals surface area contributed by atoms with E-state index in [1.807, 2.05) is 0 Å². The first-order valence-corrected chi connectivity index (χ1v) is 6.25. The second kappa shape index (κ2) is 4.06. The summed E-state index contributed by atoms with van der Waals surface area (Å²) in [5.41, 5.74) is 6.61. The fourth-order valence-corrected chi connectivity index (χ4v) is 2.16. The highest BCUT2D eigenvalue weighted by Gasteiger charge is 2.34. The highest BCUT2D eigenvalue weighted by molar-refractivity contribution is 4.75. The van der Waals surface area contributed by atoms with E-state index in [1.54, 1.807) is 0 Å². The Kier molecular flexibility index (Phi) is 3.52. The molecular formula is C13H29N2+. The van der Waals surface area contributed by atoms with Crippen molar-refractivity contribution >= 4 is 0 Å². The standard InChI is InChI=1S/C13H29N2/c1-12(2)6-9-15(5,10-7-12)11-8-13(3,4)14/h6-11,14H2,1-5H3/q+1. The maximum Gasteiger partial charge on any atom is 0.0802 e. The highest BCUT2D eigenvalue weighted by atomic mass is 15.3. The van der Waals surface area contributed by atoms with Crippen LogP contribution in [0.15, 0.2) is 0 Å². The van der Waals surface area contributed by atoms with E-state index in [0.29, 0.717) is 5.41 Å². The molecule has 0 amide bonds. The molecular weight excluding hydrogens is 184 g/mol. The van der Waals surface area contributed by atoms with E-state index < -0.39 is 0 Å². The molecule has 0 aliphatic carbocycles. The van der Waals surface area contributed by atoms with Gasteiger partial charge in [0.2, 0.25) is 0 Å². The predicted octanol–water partition coefficient (Wildman–Crippen LogP) is 2.38. The lowest BCUT2D eigenvalue weighted by Crippen LogP contribution is -2.53. The summed E-state index contributed by atoms with van der Waals surface area (Å²) in [6.45, 7) is 12.9. The molecule has 0 aromatic rings. The predicted molar refractivity (Wildman–Crippen MR) is 66.7 cm³/mol. The summed E-state index contributed by atoms with van der Waals surface area (Å²) in [4.78, 5) is 0. The van der Waals surface area contributed by atoms with Crippen LogP contribution in [-0.2, 0) is 0 Å². The molecule has 0 radical (unpaired) electrons. The Hall–Kier alpha value is -0.0800. The lowest BCUT2D eigenvalue weighted by molar-refractivity contribution is -0.916. The van der Waals surface area contributed by atoms with Crippen molar-refractivity contribution in [3.05, 3.63) is 0 Å². The van der Waals surface area contributed by atoms with Crippen molar-refractivity contribution in [2.75, 3.05) is 26.7 Å². The topological polar surface area (TPSA) is 26.0 Å². The Labute approximate surface area is 95.4 Å². The van der Waals surface area contributed by atoms with Gasteiger partial charge in [0, 0.05) is 24.8 Å². The summed E-state index contributed by atoms with van der Waals surface area (Å²) in [5, 5.41) is 0. The van der Waals surface area contributed by atoms with Gasteiger partial charge in [-0.05, 0) is 19.3 Å². The number of quaternary nitrogens is 1. The number of hydrogen-bond donors (Lipinski definition) is 1. The van der Waals surface area contributed by atoms with Crippen LogP contribution in [0, 0.1) is 5.41 Å². The molecule has 2 heteroatoms. The molecule has 1 aliphatic rings. The second-order valence-electron chi connectivity index (χ2n) is 7.19. The van der Waals surface area contributed by atoms with Gasteiger partial charge in [-0.25, -0.2) is 0 Å². The Bertz CT molecular complexity index is 203. The van der Waals surface area contributed by atoms with E-state index in [4.69, 9.17) is 5.73 Å². The number of nitrogens with zero attached hydrogens (tertiary/aromatic N) is 1. The molecule has 1 heterocycles. The van der Waals surface area contributed by atoms with Gasteiger partial charge in [-0.2, -0.15) is 0 Å². The van der Waals surface area contributed by atoms with Gasteiger partial charge >= 0.3 is 0 Å². The Morgan fingerprint density at radius 3 is 2.07 bits per heavy atom. The summed E-state index contributed by atoms with van der Waals surface area (Å²) in [6.07, 6.45) is 3.84. The molecule has 1 rings (SSSR count). The van der Waals surface area contributed by atoms with Gasteiger partial charge < -0.3 is 10.2 Å². The highest BCUT2D eigenvalue weighted by Crippen LogP contribution is 2.32. The van der Waals surface area contributed by atoms with Crippen LogP contribution in [0.5, 0.6) is 0 Å². The Morgan fingerprint density at radius 1 is 1.20 bits per heavy atom. The van der Waals surface area contributed by atoms with Gasteiger partial charge in [-0.15, -0.1) is 0 Å². The monoisotopic (exact) mass is 213 g/mol. The SMILES string of the molecule is CC(C)(N)CC[N+]1(C)CCC(C)(C)CC1. The summed E-state index contributed by atoms with van der Waals surface area (Å²) in [7, 11) is 2.39. The second-order valence-corrected chi connectivity index (χ2v) is 7.19. The summed E-state index contributed by atoms with van der Waals surface area (Å²) >= 11 is 0. The normalized spacial score (nSPS) is 25.2. The van der Waals surface area contributed by atoms with Crippen LogP contribution in [0.1, 0.15) is 47.0 Å². The van der Waals surface area contributed by atoms with Crippen molar-refractivity contribution in [2.24, 2.45) is 11.1 Å². The van der Waals surface area contributed by atoms with Gasteiger partial charge in [0.05, 0.1) is 26.7 Å². The molecule has 1 saturated heterocycles. The van der Waals surface area contributed by atoms with E-state index in [9.17, 15) is 0 Å². The van der Waals surface area contributed by atoms with E-state index in [-0.39, 0.29) is 5.54 Å². The molecule has 0 aromatic carbocycles. The zero-order chi connectivity index (χ0) is 11.7. The molecule has 2 nitrogen and oxygen atoms in total. The van der Waals surface area contributed by atoms with Crippen molar-refractivity contribution in [1.29, 1.82) is 0 Å². The van der Waals surface area contributed by atoms with Gasteiger partial charge in [-0.1, -0.05) is 13.8 Å². The minimum Gasteiger partial charge on any atom is -0.326 e. The van der Waals surface area contributed by atoms with Crippen LogP contribution in [-0.4, -0.2) is 36.7 Å². The lowest BCUT2D eigenvalue weighted by atomic mass is 9.81. The van der Waals surface area contributed by atoms with Crippen LogP contribution < -0.4 is 5.73 Å². The number of hydrogen-bond acceptors (Lipinski definition) is 1. The molecule has 2 N–H and O–H groups in total. The van der Waals surface area contributed by atoms with Crippen LogP contribution in [0.3, 0.4) is 0 Å². The van der Waals surface area contributed by atoms with Crippen molar-refractivity contribution in [2.45, 2.75) is 52.5 Å². The molecule has 0 atom stereocenters. The zero-order valence-electron chi connectivity index (χ0n) is 11.3. The largest absolute Gasteiger partial charge is 0.326 e. The molecule has 0 saturated carbocycles. The molecule has 1 fully saturated rings. The molecule has 90 valence electrons. The van der Waals surface area contributed by atoms with Gasteiger partial charge in [-0.3, -0.25) is 0 Å². The Morgan fingerprint density at radius 2 is 1.67 bits per heavy atom. The van der Waals surface area contributed by atoms with Crippen molar-refractivity contribution in [3.63, 3.8) is 0 Å². The quantitative estimate of drug-likeness (QED) is 0.716. The van der Waals surface area contributed by atoms with Gasteiger partial charge in [0.15, 0.2) is 0 Å². The number of likely N-dealkylation sites (tertiary alicyclic amines) is 1. The first kappa shape index (κ1) is 13.0. The average Bonchev–Trinajstić information content (AvgIpc) is 2.07. The minimum absolute atomic E-state index is 0.00573. The van der Waals surface area contributed by atoms with Crippen molar-refractivity contribution < 1.29 is 4.48 Å². The maximum absolute atomic E-state index is 6.05. The average molecular weight is 213 g/mol. The third kappa shape index (κ3) is 4.52. The maximum atomic E-state index is 6.05. The molecule has 15 heavy (non-hydrogen) atoms.